The first-order valence-corrected chi connectivity index (χ1v) is 2.26. The van der Waals surface area contributed by atoms with Crippen LogP contribution in [0.25, 0.3) is 0 Å². The monoisotopic (exact) mass is 310 g/mol. The molecular formula is C7H20N2Y2. The van der Waals surface area contributed by atoms with Crippen LogP contribution in [0.5, 0.6) is 0 Å². The number of hydrogen-bond acceptors (Lipinski definition) is 2. The molecule has 0 aliphatic heterocycles. The molecule has 2 nitrogen and oxygen atoms in total. The number of hydrogen-bond donors (Lipinski definition) is 0. The molecule has 11 heavy (non-hydrogen) atoms. The molecule has 0 unspecified atom stereocenters. The second-order valence-corrected chi connectivity index (χ2v) is 0.589. The van der Waals surface area contributed by atoms with Crippen LogP contribution in [0.4, 0.5) is 0 Å². The summed E-state index contributed by atoms with van der Waals surface area (Å²) < 4.78 is 0. The van der Waals surface area contributed by atoms with Crippen molar-refractivity contribution < 1.29 is 65.4 Å². The summed E-state index contributed by atoms with van der Waals surface area (Å²) in [5.74, 6) is 0. The SMILES string of the molecule is C.C.C=NCN=C.CC.[Y].[Y]. The summed E-state index contributed by atoms with van der Waals surface area (Å²) in [6, 6.07) is 0. The molecule has 0 atom stereocenters. The van der Waals surface area contributed by atoms with Crippen LogP contribution in [0.15, 0.2) is 9.98 Å². The average Bonchev–Trinajstić information content (AvgIpc) is 1.75. The summed E-state index contributed by atoms with van der Waals surface area (Å²) in [6.45, 7) is 10.8. The summed E-state index contributed by atoms with van der Waals surface area (Å²) in [4.78, 5) is 6.75. The summed E-state index contributed by atoms with van der Waals surface area (Å²) in [7, 11) is 0. The molecule has 64 valence electrons. The molecule has 0 saturated heterocycles. The van der Waals surface area contributed by atoms with Gasteiger partial charge < -0.3 is 0 Å². The fraction of sp³-hybridized carbons (Fsp3) is 0.714. The van der Waals surface area contributed by atoms with E-state index in [1.807, 2.05) is 13.8 Å². The molecule has 0 aromatic rings. The molecule has 0 aliphatic carbocycles. The van der Waals surface area contributed by atoms with Crippen LogP contribution in [0.1, 0.15) is 28.7 Å². The maximum absolute atomic E-state index is 3.38. The van der Waals surface area contributed by atoms with Gasteiger partial charge in [-0.15, -0.1) is 0 Å². The molecule has 4 heteroatoms. The standard InChI is InChI=1S/C3H6N2.C2H6.2CH4.2Y/c1-4-3-5-2;1-2;;;;/h1-3H2;1-2H3;2*1H4;;. The molecule has 0 rings (SSSR count). The van der Waals surface area contributed by atoms with Gasteiger partial charge in [0.15, 0.2) is 0 Å². The Morgan fingerprint density at radius 3 is 1.09 bits per heavy atom. The van der Waals surface area contributed by atoms with E-state index in [9.17, 15) is 0 Å². The molecule has 2 radical (unpaired) electrons. The van der Waals surface area contributed by atoms with Gasteiger partial charge in [0.1, 0.15) is 6.67 Å². The first-order valence-electron chi connectivity index (χ1n) is 2.26. The molecule has 0 amide bonds. The van der Waals surface area contributed by atoms with Gasteiger partial charge in [0.2, 0.25) is 0 Å². The van der Waals surface area contributed by atoms with Crippen LogP contribution in [0.3, 0.4) is 0 Å². The normalized spacial score (nSPS) is 3.45. The quantitative estimate of drug-likeness (QED) is 0.701. The third kappa shape index (κ3) is 83.6. The summed E-state index contributed by atoms with van der Waals surface area (Å²) in [6.07, 6.45) is 0. The predicted molar refractivity (Wildman–Crippen MR) is 48.8 cm³/mol. The van der Waals surface area contributed by atoms with Crippen LogP contribution in [0.2, 0.25) is 0 Å². The van der Waals surface area contributed by atoms with E-state index in [1.165, 1.54) is 0 Å². The van der Waals surface area contributed by atoms with E-state index in [2.05, 4.69) is 23.4 Å². The van der Waals surface area contributed by atoms with Gasteiger partial charge in [-0.2, -0.15) is 0 Å². The van der Waals surface area contributed by atoms with Crippen LogP contribution in [-0.2, 0) is 65.4 Å². The van der Waals surface area contributed by atoms with Crippen molar-refractivity contribution in [3.63, 3.8) is 0 Å². The molecule has 0 aromatic carbocycles. The molecule has 0 heterocycles. The Bertz CT molecular complexity index is 43.7. The van der Waals surface area contributed by atoms with Gasteiger partial charge in [-0.05, 0) is 13.4 Å². The fourth-order valence-corrected chi connectivity index (χ4v) is 0.0707. The molecule has 0 aliphatic rings. The van der Waals surface area contributed by atoms with Gasteiger partial charge in [0, 0.05) is 65.4 Å². The van der Waals surface area contributed by atoms with E-state index in [0.717, 1.165) is 0 Å². The summed E-state index contributed by atoms with van der Waals surface area (Å²) in [5, 5.41) is 0. The molecule has 0 fully saturated rings. The van der Waals surface area contributed by atoms with Crippen molar-refractivity contribution >= 4 is 13.4 Å². The molecular weight excluding hydrogens is 290 g/mol. The minimum absolute atomic E-state index is 0. The van der Waals surface area contributed by atoms with Crippen molar-refractivity contribution in [1.82, 2.24) is 0 Å². The van der Waals surface area contributed by atoms with Crippen LogP contribution in [-0.4, -0.2) is 20.1 Å². The maximum Gasteiger partial charge on any atom is 0.127 e. The Hall–Kier alpha value is 1.55. The third-order valence-corrected chi connectivity index (χ3v) is 0.200. The van der Waals surface area contributed by atoms with Crippen molar-refractivity contribution in [2.75, 3.05) is 6.67 Å². The molecule has 0 N–H and O–H groups in total. The van der Waals surface area contributed by atoms with Crippen molar-refractivity contribution in [2.45, 2.75) is 28.7 Å². The smallest absolute Gasteiger partial charge is 0.127 e. The van der Waals surface area contributed by atoms with Crippen LogP contribution < -0.4 is 0 Å². The van der Waals surface area contributed by atoms with Gasteiger partial charge in [0.05, 0.1) is 0 Å². The van der Waals surface area contributed by atoms with Gasteiger partial charge >= 0.3 is 0 Å². The van der Waals surface area contributed by atoms with Gasteiger partial charge in [0.25, 0.3) is 0 Å². The van der Waals surface area contributed by atoms with E-state index in [0.29, 0.717) is 6.67 Å². The predicted octanol–water partition coefficient (Wildman–Crippen LogP) is 2.64. The van der Waals surface area contributed by atoms with E-state index < -0.39 is 0 Å². The third-order valence-electron chi connectivity index (χ3n) is 0.200. The van der Waals surface area contributed by atoms with Crippen LogP contribution in [0, 0.1) is 0 Å². The van der Waals surface area contributed by atoms with E-state index in [4.69, 9.17) is 0 Å². The molecule has 0 bridgehead atoms. The topological polar surface area (TPSA) is 24.7 Å². The van der Waals surface area contributed by atoms with E-state index >= 15 is 0 Å². The van der Waals surface area contributed by atoms with Crippen LogP contribution >= 0.6 is 0 Å². The first kappa shape index (κ1) is 39.0. The van der Waals surface area contributed by atoms with Crippen molar-refractivity contribution in [2.24, 2.45) is 9.98 Å². The number of nitrogens with zero attached hydrogens (tertiary/aromatic N) is 2. The van der Waals surface area contributed by atoms with Crippen molar-refractivity contribution in [1.29, 1.82) is 0 Å². The second-order valence-electron chi connectivity index (χ2n) is 0.589. The minimum Gasteiger partial charge on any atom is -0.278 e. The first-order chi connectivity index (χ1) is 3.41. The summed E-state index contributed by atoms with van der Waals surface area (Å²) in [5.41, 5.74) is 0. The molecule has 0 spiro atoms. The zero-order chi connectivity index (χ0) is 6.12. The van der Waals surface area contributed by atoms with E-state index in [-0.39, 0.29) is 80.3 Å². The Morgan fingerprint density at radius 1 is 0.909 bits per heavy atom. The van der Waals surface area contributed by atoms with Gasteiger partial charge in [-0.25, -0.2) is 0 Å². The van der Waals surface area contributed by atoms with E-state index in [1.54, 1.807) is 0 Å². The Morgan fingerprint density at radius 2 is 1.09 bits per heavy atom. The van der Waals surface area contributed by atoms with Gasteiger partial charge in [-0.3, -0.25) is 9.98 Å². The zero-order valence-electron chi connectivity index (χ0n) is 6.17. The zero-order valence-corrected chi connectivity index (χ0v) is 11.8. The Balaban J connectivity index is -0.00000000972. The minimum atomic E-state index is 0. The average molecular weight is 310 g/mol. The molecule has 0 aromatic heterocycles. The number of rotatable bonds is 2. The maximum atomic E-state index is 3.38. The Kier molecular flexibility index (Phi) is 220. The Labute approximate surface area is 123 Å². The summed E-state index contributed by atoms with van der Waals surface area (Å²) >= 11 is 0. The largest absolute Gasteiger partial charge is 0.278 e. The van der Waals surface area contributed by atoms with Crippen molar-refractivity contribution in [3.05, 3.63) is 0 Å². The molecule has 0 saturated carbocycles. The second kappa shape index (κ2) is 62.1. The van der Waals surface area contributed by atoms with Gasteiger partial charge in [-0.1, -0.05) is 28.7 Å². The number of aliphatic imine (C=N–C) groups is 2. The fourth-order valence-electron chi connectivity index (χ4n) is 0.0707. The van der Waals surface area contributed by atoms with Crippen molar-refractivity contribution in [3.8, 4) is 0 Å².